The van der Waals surface area contributed by atoms with Crippen LogP contribution in [0.1, 0.15) is 49.2 Å². The summed E-state index contributed by atoms with van der Waals surface area (Å²) in [5, 5.41) is 3.37. The zero-order valence-electron chi connectivity index (χ0n) is 19.7. The van der Waals surface area contributed by atoms with Crippen LogP contribution in [0.15, 0.2) is 60.7 Å². The molecule has 1 N–H and O–H groups in total. The van der Waals surface area contributed by atoms with Crippen molar-refractivity contribution in [3.05, 3.63) is 82.4 Å². The Morgan fingerprint density at radius 2 is 1.64 bits per heavy atom. The summed E-state index contributed by atoms with van der Waals surface area (Å²) >= 11 is 6.08. The normalized spacial score (nSPS) is 11.1. The number of anilines is 1. The number of ether oxygens (including phenoxy) is 3. The molecule has 0 heterocycles. The highest BCUT2D eigenvalue weighted by Crippen LogP contribution is 2.29. The first-order valence-corrected chi connectivity index (χ1v) is 11.2. The number of benzene rings is 3. The quantitative estimate of drug-likeness (QED) is 0.392. The Bertz CT molecular complexity index is 1100. The average molecular weight is 468 g/mol. The van der Waals surface area contributed by atoms with E-state index in [1.54, 1.807) is 43.5 Å². The number of hydrogen-bond donors (Lipinski definition) is 1. The predicted octanol–water partition coefficient (Wildman–Crippen LogP) is 6.88. The molecule has 0 saturated heterocycles. The highest BCUT2D eigenvalue weighted by Gasteiger charge is 2.15. The second-order valence-electron chi connectivity index (χ2n) is 8.62. The van der Waals surface area contributed by atoms with Crippen LogP contribution in [-0.4, -0.2) is 19.6 Å². The molecular formula is C27H30ClNO4. The zero-order valence-corrected chi connectivity index (χ0v) is 20.5. The van der Waals surface area contributed by atoms with Gasteiger partial charge in [0.1, 0.15) is 23.9 Å². The summed E-state index contributed by atoms with van der Waals surface area (Å²) in [7, 11) is 1.54. The lowest BCUT2D eigenvalue weighted by molar-refractivity contribution is 0.102. The van der Waals surface area contributed by atoms with Gasteiger partial charge in [0, 0.05) is 16.1 Å². The fraction of sp³-hybridized carbons (Fsp3) is 0.296. The minimum Gasteiger partial charge on any atom is -0.495 e. The van der Waals surface area contributed by atoms with Crippen LogP contribution in [-0.2, 0) is 12.0 Å². The van der Waals surface area contributed by atoms with Gasteiger partial charge in [0.05, 0.1) is 19.4 Å². The molecule has 3 aromatic carbocycles. The zero-order chi connectivity index (χ0) is 24.0. The highest BCUT2D eigenvalue weighted by molar-refractivity contribution is 6.31. The first-order valence-electron chi connectivity index (χ1n) is 10.8. The van der Waals surface area contributed by atoms with Crippen LogP contribution in [0.2, 0.25) is 5.02 Å². The van der Waals surface area contributed by atoms with Crippen LogP contribution in [0.3, 0.4) is 0 Å². The molecule has 5 nitrogen and oxygen atoms in total. The number of carbonyl (C=O) groups excluding carboxylic acids is 1. The third-order valence-corrected chi connectivity index (χ3v) is 5.38. The fourth-order valence-electron chi connectivity index (χ4n) is 3.31. The molecule has 0 radical (unpaired) electrons. The lowest BCUT2D eigenvalue weighted by Crippen LogP contribution is -2.14. The van der Waals surface area contributed by atoms with Gasteiger partial charge in [-0.15, -0.1) is 0 Å². The van der Waals surface area contributed by atoms with Gasteiger partial charge in [-0.2, -0.15) is 0 Å². The SMILES string of the molecule is CCOc1ccc(C(=O)Nc2cc(Cl)ccc2OC)cc1COc1ccc(C(C)(C)C)cc1. The molecule has 0 aliphatic rings. The number of carbonyl (C=O) groups is 1. The van der Waals surface area contributed by atoms with E-state index in [9.17, 15) is 4.79 Å². The fourth-order valence-corrected chi connectivity index (χ4v) is 3.49. The van der Waals surface area contributed by atoms with Gasteiger partial charge in [0.2, 0.25) is 0 Å². The summed E-state index contributed by atoms with van der Waals surface area (Å²) < 4.78 is 17.1. The van der Waals surface area contributed by atoms with E-state index in [4.69, 9.17) is 25.8 Å². The first-order chi connectivity index (χ1) is 15.7. The van der Waals surface area contributed by atoms with Crippen LogP contribution in [0.5, 0.6) is 17.2 Å². The van der Waals surface area contributed by atoms with Gasteiger partial charge in [-0.25, -0.2) is 0 Å². The van der Waals surface area contributed by atoms with Crippen LogP contribution in [0, 0.1) is 0 Å². The van der Waals surface area contributed by atoms with E-state index in [0.29, 0.717) is 34.4 Å². The summed E-state index contributed by atoms with van der Waals surface area (Å²) in [6, 6.07) is 18.4. The summed E-state index contributed by atoms with van der Waals surface area (Å²) in [5.41, 5.74) is 3.07. The van der Waals surface area contributed by atoms with E-state index in [1.807, 2.05) is 19.1 Å². The Labute approximate surface area is 200 Å². The van der Waals surface area contributed by atoms with Crippen molar-refractivity contribution in [2.24, 2.45) is 0 Å². The maximum absolute atomic E-state index is 12.9. The first kappa shape index (κ1) is 24.5. The second-order valence-corrected chi connectivity index (χ2v) is 9.05. The van der Waals surface area contributed by atoms with Gasteiger partial charge >= 0.3 is 0 Å². The molecular weight excluding hydrogens is 438 g/mol. The summed E-state index contributed by atoms with van der Waals surface area (Å²) in [6.45, 7) is 9.22. The number of nitrogens with one attached hydrogen (secondary N) is 1. The van der Waals surface area contributed by atoms with Crippen molar-refractivity contribution in [2.75, 3.05) is 19.0 Å². The molecule has 174 valence electrons. The molecule has 0 fully saturated rings. The summed E-state index contributed by atoms with van der Waals surface area (Å²) in [5.74, 6) is 1.68. The van der Waals surface area contributed by atoms with Gasteiger partial charge in [0.25, 0.3) is 5.91 Å². The standard InChI is InChI=1S/C27H30ClNO4/c1-6-32-24-13-7-18(26(30)29-23-16-21(28)10-14-25(23)31-5)15-19(24)17-33-22-11-8-20(9-12-22)27(2,3)4/h7-16H,6,17H2,1-5H3,(H,29,30). The Hall–Kier alpha value is -3.18. The molecule has 0 spiro atoms. The molecule has 0 aromatic heterocycles. The van der Waals surface area contributed by atoms with Gasteiger partial charge in [-0.1, -0.05) is 44.5 Å². The van der Waals surface area contributed by atoms with Crippen LogP contribution in [0.25, 0.3) is 0 Å². The topological polar surface area (TPSA) is 56.8 Å². The Morgan fingerprint density at radius 3 is 2.27 bits per heavy atom. The van der Waals surface area contributed by atoms with E-state index in [0.717, 1.165) is 11.3 Å². The molecule has 0 aliphatic carbocycles. The predicted molar refractivity (Wildman–Crippen MR) is 133 cm³/mol. The van der Waals surface area contributed by atoms with E-state index in [2.05, 4.69) is 38.2 Å². The number of rotatable bonds is 8. The Morgan fingerprint density at radius 1 is 0.939 bits per heavy atom. The number of methoxy groups -OCH3 is 1. The van der Waals surface area contributed by atoms with Crippen molar-refractivity contribution >= 4 is 23.2 Å². The number of amides is 1. The van der Waals surface area contributed by atoms with E-state index < -0.39 is 0 Å². The van der Waals surface area contributed by atoms with Gasteiger partial charge in [-0.05, 0) is 66.4 Å². The minimum absolute atomic E-state index is 0.0774. The molecule has 0 atom stereocenters. The average Bonchev–Trinajstić information content (AvgIpc) is 2.78. The van der Waals surface area contributed by atoms with Gasteiger partial charge in [-0.3, -0.25) is 4.79 Å². The van der Waals surface area contributed by atoms with E-state index in [1.165, 1.54) is 5.56 Å². The molecule has 6 heteroatoms. The molecule has 33 heavy (non-hydrogen) atoms. The van der Waals surface area contributed by atoms with Gasteiger partial charge < -0.3 is 19.5 Å². The van der Waals surface area contributed by atoms with Crippen LogP contribution >= 0.6 is 11.6 Å². The summed E-state index contributed by atoms with van der Waals surface area (Å²) in [6.07, 6.45) is 0. The molecule has 0 aliphatic heterocycles. The molecule has 3 rings (SSSR count). The lowest BCUT2D eigenvalue weighted by Gasteiger charge is -2.19. The van der Waals surface area contributed by atoms with Crippen LogP contribution in [0.4, 0.5) is 5.69 Å². The Balaban J connectivity index is 1.79. The number of hydrogen-bond acceptors (Lipinski definition) is 4. The monoisotopic (exact) mass is 467 g/mol. The van der Waals surface area contributed by atoms with Crippen molar-refractivity contribution in [1.82, 2.24) is 0 Å². The molecule has 3 aromatic rings. The molecule has 0 unspecified atom stereocenters. The molecule has 1 amide bonds. The van der Waals surface area contributed by atoms with Crippen molar-refractivity contribution in [2.45, 2.75) is 39.7 Å². The molecule has 0 saturated carbocycles. The highest BCUT2D eigenvalue weighted by atomic mass is 35.5. The van der Waals surface area contributed by atoms with Crippen molar-refractivity contribution in [1.29, 1.82) is 0 Å². The Kier molecular flexibility index (Phi) is 7.88. The van der Waals surface area contributed by atoms with Crippen molar-refractivity contribution < 1.29 is 19.0 Å². The maximum Gasteiger partial charge on any atom is 0.255 e. The molecule has 0 bridgehead atoms. The van der Waals surface area contributed by atoms with Gasteiger partial charge in [0.15, 0.2) is 0 Å². The lowest BCUT2D eigenvalue weighted by atomic mass is 9.87. The summed E-state index contributed by atoms with van der Waals surface area (Å²) in [4.78, 5) is 12.9. The largest absolute Gasteiger partial charge is 0.495 e. The van der Waals surface area contributed by atoms with Crippen LogP contribution < -0.4 is 19.5 Å². The third-order valence-electron chi connectivity index (χ3n) is 5.15. The van der Waals surface area contributed by atoms with Crippen molar-refractivity contribution in [3.8, 4) is 17.2 Å². The minimum atomic E-state index is -0.283. The second kappa shape index (κ2) is 10.6. The third kappa shape index (κ3) is 6.42. The number of halogens is 1. The smallest absolute Gasteiger partial charge is 0.255 e. The maximum atomic E-state index is 12.9. The van der Waals surface area contributed by atoms with Crippen molar-refractivity contribution in [3.63, 3.8) is 0 Å². The van der Waals surface area contributed by atoms with E-state index >= 15 is 0 Å². The van der Waals surface area contributed by atoms with E-state index in [-0.39, 0.29) is 17.9 Å².